The smallest absolute Gasteiger partial charge is 0.253 e. The van der Waals surface area contributed by atoms with Gasteiger partial charge in [-0.05, 0) is 40.6 Å². The van der Waals surface area contributed by atoms with E-state index in [4.69, 9.17) is 23.2 Å². The molecule has 0 radical (unpaired) electrons. The maximum absolute atomic E-state index is 12.3. The van der Waals surface area contributed by atoms with Gasteiger partial charge in [-0.2, -0.15) is 0 Å². The zero-order valence-electron chi connectivity index (χ0n) is 16.8. The fourth-order valence-electron chi connectivity index (χ4n) is 3.00. The summed E-state index contributed by atoms with van der Waals surface area (Å²) in [5.74, 6) is -1.23. The monoisotopic (exact) mass is 457 g/mol. The number of benzene rings is 3. The molecule has 0 aromatic heterocycles. The Morgan fingerprint density at radius 2 is 1.61 bits per heavy atom. The maximum atomic E-state index is 12.3. The second-order valence-electron chi connectivity index (χ2n) is 7.01. The minimum absolute atomic E-state index is 0.166. The fourth-order valence-corrected chi connectivity index (χ4v) is 3.49. The highest BCUT2D eigenvalue weighted by Gasteiger charge is 2.14. The van der Waals surface area contributed by atoms with Gasteiger partial charge < -0.3 is 15.5 Å². The van der Waals surface area contributed by atoms with Crippen LogP contribution in [0.1, 0.15) is 15.9 Å². The summed E-state index contributed by atoms with van der Waals surface area (Å²) in [4.78, 5) is 38.0. The molecule has 31 heavy (non-hydrogen) atoms. The molecule has 0 bridgehead atoms. The third-order valence-corrected chi connectivity index (χ3v) is 5.23. The number of likely N-dealkylation sites (N-methyl/N-ethyl adjacent to an activating group) is 1. The summed E-state index contributed by atoms with van der Waals surface area (Å²) < 4.78 is 0. The van der Waals surface area contributed by atoms with Crippen molar-refractivity contribution in [1.82, 2.24) is 15.5 Å². The van der Waals surface area contributed by atoms with Crippen molar-refractivity contribution in [2.24, 2.45) is 0 Å². The topological polar surface area (TPSA) is 78.5 Å². The first-order valence-corrected chi connectivity index (χ1v) is 10.3. The molecule has 0 unspecified atom stereocenters. The minimum Gasteiger partial charge on any atom is -0.345 e. The number of carbonyl (C=O) groups is 3. The van der Waals surface area contributed by atoms with Crippen molar-refractivity contribution in [3.63, 3.8) is 0 Å². The van der Waals surface area contributed by atoms with Crippen LogP contribution in [0.4, 0.5) is 0 Å². The Balaban J connectivity index is 1.45. The largest absolute Gasteiger partial charge is 0.345 e. The Morgan fingerprint density at radius 3 is 2.35 bits per heavy atom. The Labute approximate surface area is 190 Å². The van der Waals surface area contributed by atoms with Crippen molar-refractivity contribution >= 4 is 51.7 Å². The normalized spacial score (nSPS) is 10.5. The number of hydrogen-bond donors (Lipinski definition) is 2. The van der Waals surface area contributed by atoms with Crippen molar-refractivity contribution in [1.29, 1.82) is 0 Å². The van der Waals surface area contributed by atoms with Gasteiger partial charge in [0.25, 0.3) is 5.91 Å². The van der Waals surface area contributed by atoms with Crippen LogP contribution in [0.15, 0.2) is 60.7 Å². The first-order valence-electron chi connectivity index (χ1n) is 9.55. The second-order valence-corrected chi connectivity index (χ2v) is 7.86. The lowest BCUT2D eigenvalue weighted by molar-refractivity contribution is -0.132. The molecule has 0 fully saturated rings. The van der Waals surface area contributed by atoms with E-state index in [1.54, 1.807) is 7.05 Å². The van der Waals surface area contributed by atoms with Crippen LogP contribution in [-0.4, -0.2) is 42.8 Å². The van der Waals surface area contributed by atoms with Crippen LogP contribution in [0.5, 0.6) is 0 Å². The summed E-state index contributed by atoms with van der Waals surface area (Å²) in [7, 11) is 1.67. The average molecular weight is 458 g/mol. The van der Waals surface area contributed by atoms with Gasteiger partial charge in [0.05, 0.1) is 23.7 Å². The number of nitrogens with one attached hydrogen (secondary N) is 2. The minimum atomic E-state index is -0.503. The SMILES string of the molecule is CN(Cc1ccc2ccccc2c1)C(=O)CNC(=O)CNC(=O)c1ccc(Cl)cc1Cl. The van der Waals surface area contributed by atoms with Gasteiger partial charge in [-0.15, -0.1) is 0 Å². The molecule has 3 aromatic rings. The third kappa shape index (κ3) is 6.20. The van der Waals surface area contributed by atoms with Crippen molar-refractivity contribution in [3.8, 4) is 0 Å². The van der Waals surface area contributed by atoms with E-state index in [0.717, 1.165) is 16.3 Å². The van der Waals surface area contributed by atoms with Crippen LogP contribution in [-0.2, 0) is 16.1 Å². The molecular weight excluding hydrogens is 437 g/mol. The molecule has 0 saturated heterocycles. The van der Waals surface area contributed by atoms with Crippen LogP contribution in [0.2, 0.25) is 10.0 Å². The van der Waals surface area contributed by atoms with Crippen molar-refractivity contribution in [2.45, 2.75) is 6.54 Å². The van der Waals surface area contributed by atoms with E-state index in [1.165, 1.54) is 23.1 Å². The quantitative estimate of drug-likeness (QED) is 0.568. The number of carbonyl (C=O) groups excluding carboxylic acids is 3. The van der Waals surface area contributed by atoms with Gasteiger partial charge in [-0.25, -0.2) is 0 Å². The number of rotatable bonds is 7. The molecule has 6 nitrogen and oxygen atoms in total. The standard InChI is InChI=1S/C23H21Cl2N3O3/c1-28(14-15-6-7-16-4-2-3-5-17(16)10-15)22(30)13-26-21(29)12-27-23(31)19-9-8-18(24)11-20(19)25/h2-11H,12-14H2,1H3,(H,26,29)(H,27,31). The van der Waals surface area contributed by atoms with Crippen molar-refractivity contribution < 1.29 is 14.4 Å². The Bertz CT molecular complexity index is 1130. The summed E-state index contributed by atoms with van der Waals surface area (Å²) in [5, 5.41) is 7.81. The van der Waals surface area contributed by atoms with Crippen LogP contribution in [0.3, 0.4) is 0 Å². The van der Waals surface area contributed by atoms with Gasteiger partial charge in [0, 0.05) is 18.6 Å². The summed E-state index contributed by atoms with van der Waals surface area (Å²) in [6.45, 7) is -0.0225. The zero-order chi connectivity index (χ0) is 22.4. The van der Waals surface area contributed by atoms with E-state index in [1.807, 2.05) is 42.5 Å². The molecule has 0 spiro atoms. The van der Waals surface area contributed by atoms with Crippen LogP contribution >= 0.6 is 23.2 Å². The van der Waals surface area contributed by atoms with Gasteiger partial charge >= 0.3 is 0 Å². The van der Waals surface area contributed by atoms with Crippen LogP contribution < -0.4 is 10.6 Å². The number of halogens is 2. The van der Waals surface area contributed by atoms with E-state index in [2.05, 4.69) is 10.6 Å². The highest BCUT2D eigenvalue weighted by atomic mass is 35.5. The fraction of sp³-hybridized carbons (Fsp3) is 0.174. The molecule has 0 heterocycles. The summed E-state index contributed by atoms with van der Waals surface area (Å²) in [6.07, 6.45) is 0. The van der Waals surface area contributed by atoms with Crippen molar-refractivity contribution in [3.05, 3.63) is 81.8 Å². The van der Waals surface area contributed by atoms with Gasteiger partial charge in [0.2, 0.25) is 11.8 Å². The van der Waals surface area contributed by atoms with E-state index in [0.29, 0.717) is 11.6 Å². The van der Waals surface area contributed by atoms with Gasteiger partial charge in [-0.3, -0.25) is 14.4 Å². The predicted molar refractivity (Wildman–Crippen MR) is 122 cm³/mol. The summed E-state index contributed by atoms with van der Waals surface area (Å²) in [6, 6.07) is 18.5. The molecule has 0 aliphatic rings. The molecule has 3 rings (SSSR count). The molecule has 8 heteroatoms. The van der Waals surface area contributed by atoms with Gasteiger partial charge in [0.15, 0.2) is 0 Å². The molecule has 0 aliphatic heterocycles. The van der Waals surface area contributed by atoms with Gasteiger partial charge in [-0.1, -0.05) is 59.6 Å². The Hall–Kier alpha value is -3.09. The van der Waals surface area contributed by atoms with E-state index in [-0.39, 0.29) is 29.6 Å². The van der Waals surface area contributed by atoms with E-state index < -0.39 is 11.8 Å². The molecule has 0 saturated carbocycles. The highest BCUT2D eigenvalue weighted by Crippen LogP contribution is 2.20. The molecule has 3 amide bonds. The van der Waals surface area contributed by atoms with Gasteiger partial charge in [0.1, 0.15) is 0 Å². The van der Waals surface area contributed by atoms with E-state index in [9.17, 15) is 14.4 Å². The highest BCUT2D eigenvalue weighted by molar-refractivity contribution is 6.36. The third-order valence-electron chi connectivity index (χ3n) is 4.68. The molecule has 0 atom stereocenters. The maximum Gasteiger partial charge on any atom is 0.253 e. The first-order chi connectivity index (χ1) is 14.8. The van der Waals surface area contributed by atoms with Crippen LogP contribution in [0.25, 0.3) is 10.8 Å². The number of fused-ring (bicyclic) bond motifs is 1. The molecule has 0 aliphatic carbocycles. The Morgan fingerprint density at radius 1 is 0.871 bits per heavy atom. The molecule has 3 aromatic carbocycles. The lowest BCUT2D eigenvalue weighted by atomic mass is 10.1. The van der Waals surface area contributed by atoms with E-state index >= 15 is 0 Å². The van der Waals surface area contributed by atoms with Crippen molar-refractivity contribution in [2.75, 3.05) is 20.1 Å². The zero-order valence-corrected chi connectivity index (χ0v) is 18.3. The summed E-state index contributed by atoms with van der Waals surface area (Å²) >= 11 is 11.8. The lowest BCUT2D eigenvalue weighted by Crippen LogP contribution is -2.42. The molecule has 160 valence electrons. The molecule has 2 N–H and O–H groups in total. The van der Waals surface area contributed by atoms with Crippen LogP contribution in [0, 0.1) is 0 Å². The Kier molecular flexibility index (Phi) is 7.50. The number of amides is 3. The number of hydrogen-bond acceptors (Lipinski definition) is 3. The first kappa shape index (κ1) is 22.6. The average Bonchev–Trinajstić information content (AvgIpc) is 2.75. The number of nitrogens with zero attached hydrogens (tertiary/aromatic N) is 1. The summed E-state index contributed by atoms with van der Waals surface area (Å²) in [5.41, 5.74) is 1.21. The predicted octanol–water partition coefficient (Wildman–Crippen LogP) is 3.65. The molecular formula is C23H21Cl2N3O3. The lowest BCUT2D eigenvalue weighted by Gasteiger charge is -2.18. The second kappa shape index (κ2) is 10.3.